The Morgan fingerprint density at radius 1 is 0.967 bits per heavy atom. The minimum Gasteiger partial charge on any atom is -0.372 e. The summed E-state index contributed by atoms with van der Waals surface area (Å²) >= 11 is 0. The van der Waals surface area contributed by atoms with Crippen molar-refractivity contribution in [2.45, 2.75) is 25.0 Å². The number of rotatable bonds is 4. The van der Waals surface area contributed by atoms with Gasteiger partial charge in [0, 0.05) is 24.8 Å². The molecule has 2 bridgehead atoms. The lowest BCUT2D eigenvalue weighted by Crippen LogP contribution is -2.54. The molecule has 1 N–H and O–H groups in total. The van der Waals surface area contributed by atoms with Gasteiger partial charge in [0.15, 0.2) is 0 Å². The van der Waals surface area contributed by atoms with Crippen molar-refractivity contribution in [1.82, 2.24) is 20.4 Å². The number of amides is 2. The Bertz CT molecular complexity index is 1000. The van der Waals surface area contributed by atoms with Crippen LogP contribution in [0.2, 0.25) is 0 Å². The molecular weight excluding hydrogens is 378 g/mol. The van der Waals surface area contributed by atoms with Gasteiger partial charge in [-0.3, -0.25) is 5.43 Å². The summed E-state index contributed by atoms with van der Waals surface area (Å²) in [6, 6.07) is 20.9. The second-order valence-electron chi connectivity index (χ2n) is 7.56. The van der Waals surface area contributed by atoms with E-state index in [0.29, 0.717) is 24.7 Å². The molecule has 3 heterocycles. The van der Waals surface area contributed by atoms with Crippen LogP contribution in [0.3, 0.4) is 0 Å². The normalized spacial score (nSPS) is 20.7. The standard InChI is InChI=1S/C23H23N5O2/c29-23(26-27-15-19-11-12-20(16-27)30-19)28(18-9-5-2-6-10-18)22-24-14-13-21(25-22)17-7-3-1-4-8-17/h1-10,13-14,19-20H,11-12,15-16H2,(H,26,29). The lowest BCUT2D eigenvalue weighted by atomic mass is 10.1. The highest BCUT2D eigenvalue weighted by Crippen LogP contribution is 2.27. The van der Waals surface area contributed by atoms with Crippen LogP contribution < -0.4 is 10.3 Å². The van der Waals surface area contributed by atoms with Gasteiger partial charge >= 0.3 is 6.03 Å². The Kier molecular flexibility index (Phi) is 5.13. The molecule has 2 atom stereocenters. The van der Waals surface area contributed by atoms with Crippen LogP contribution in [0.4, 0.5) is 16.4 Å². The summed E-state index contributed by atoms with van der Waals surface area (Å²) < 4.78 is 5.87. The Balaban J connectivity index is 1.45. The Hall–Kier alpha value is -3.29. The van der Waals surface area contributed by atoms with Crippen LogP contribution in [0.5, 0.6) is 0 Å². The highest BCUT2D eigenvalue weighted by molar-refractivity contribution is 5.97. The van der Waals surface area contributed by atoms with Crippen molar-refractivity contribution in [3.63, 3.8) is 0 Å². The predicted octanol–water partition coefficient (Wildman–Crippen LogP) is 3.77. The Labute approximate surface area is 175 Å². The van der Waals surface area contributed by atoms with Gasteiger partial charge in [-0.05, 0) is 31.0 Å². The lowest BCUT2D eigenvalue weighted by Gasteiger charge is -2.33. The summed E-state index contributed by atoms with van der Waals surface area (Å²) in [6.07, 6.45) is 4.14. The average Bonchev–Trinajstić information content (AvgIpc) is 3.13. The number of ether oxygens (including phenoxy) is 1. The van der Waals surface area contributed by atoms with Crippen molar-refractivity contribution < 1.29 is 9.53 Å². The second kappa shape index (κ2) is 8.22. The smallest absolute Gasteiger partial charge is 0.343 e. The molecule has 30 heavy (non-hydrogen) atoms. The largest absolute Gasteiger partial charge is 0.372 e. The quantitative estimate of drug-likeness (QED) is 0.721. The number of hydrogen-bond donors (Lipinski definition) is 1. The second-order valence-corrected chi connectivity index (χ2v) is 7.56. The molecule has 2 saturated heterocycles. The summed E-state index contributed by atoms with van der Waals surface area (Å²) in [7, 11) is 0. The maximum Gasteiger partial charge on any atom is 0.343 e. The number of carbonyl (C=O) groups is 1. The number of aromatic nitrogens is 2. The number of hydrazine groups is 1. The first-order chi connectivity index (χ1) is 14.8. The fraction of sp³-hybridized carbons (Fsp3) is 0.261. The third-order valence-corrected chi connectivity index (χ3v) is 5.43. The van der Waals surface area contributed by atoms with Crippen LogP contribution in [0.1, 0.15) is 12.8 Å². The van der Waals surface area contributed by atoms with E-state index in [9.17, 15) is 4.79 Å². The van der Waals surface area contributed by atoms with Gasteiger partial charge in [0.25, 0.3) is 0 Å². The Morgan fingerprint density at radius 3 is 2.33 bits per heavy atom. The van der Waals surface area contributed by atoms with E-state index >= 15 is 0 Å². The average molecular weight is 401 g/mol. The van der Waals surface area contributed by atoms with Crippen molar-refractivity contribution in [2.24, 2.45) is 0 Å². The molecule has 3 aromatic rings. The van der Waals surface area contributed by atoms with E-state index < -0.39 is 0 Å². The molecule has 0 radical (unpaired) electrons. The third-order valence-electron chi connectivity index (χ3n) is 5.43. The number of urea groups is 1. The lowest BCUT2D eigenvalue weighted by molar-refractivity contribution is -0.0502. The summed E-state index contributed by atoms with van der Waals surface area (Å²) in [5.41, 5.74) is 5.48. The van der Waals surface area contributed by atoms with Gasteiger partial charge in [0.05, 0.1) is 23.6 Å². The van der Waals surface area contributed by atoms with E-state index in [4.69, 9.17) is 4.74 Å². The van der Waals surface area contributed by atoms with Gasteiger partial charge in [0.1, 0.15) is 0 Å². The number of fused-ring (bicyclic) bond motifs is 2. The number of benzene rings is 2. The van der Waals surface area contributed by atoms with Gasteiger partial charge < -0.3 is 4.74 Å². The maximum absolute atomic E-state index is 13.3. The molecule has 1 aromatic heterocycles. The van der Waals surface area contributed by atoms with Crippen LogP contribution >= 0.6 is 0 Å². The predicted molar refractivity (Wildman–Crippen MR) is 114 cm³/mol. The number of morpholine rings is 1. The van der Waals surface area contributed by atoms with E-state index in [1.165, 1.54) is 4.90 Å². The minimum atomic E-state index is -0.285. The monoisotopic (exact) mass is 401 g/mol. The number of nitrogens with zero attached hydrogens (tertiary/aromatic N) is 4. The molecule has 7 nitrogen and oxygen atoms in total. The van der Waals surface area contributed by atoms with Crippen molar-refractivity contribution in [3.05, 3.63) is 72.9 Å². The number of nitrogens with one attached hydrogen (secondary N) is 1. The molecule has 5 rings (SSSR count). The summed E-state index contributed by atoms with van der Waals surface area (Å²) in [5, 5.41) is 1.95. The highest BCUT2D eigenvalue weighted by atomic mass is 16.5. The van der Waals surface area contributed by atoms with Gasteiger partial charge in [-0.15, -0.1) is 0 Å². The number of anilines is 2. The van der Waals surface area contributed by atoms with E-state index in [2.05, 4.69) is 15.4 Å². The molecule has 2 unspecified atom stereocenters. The topological polar surface area (TPSA) is 70.6 Å². The fourth-order valence-electron chi connectivity index (χ4n) is 4.02. The highest BCUT2D eigenvalue weighted by Gasteiger charge is 2.35. The number of hydrogen-bond acceptors (Lipinski definition) is 5. The zero-order chi connectivity index (χ0) is 20.3. The third kappa shape index (κ3) is 3.90. The molecule has 2 aliphatic rings. The van der Waals surface area contributed by atoms with Crippen molar-refractivity contribution in [1.29, 1.82) is 0 Å². The molecule has 2 aromatic carbocycles. The number of para-hydroxylation sites is 1. The van der Waals surface area contributed by atoms with Crippen LogP contribution in [-0.2, 0) is 4.74 Å². The zero-order valence-corrected chi connectivity index (χ0v) is 16.5. The summed E-state index contributed by atoms with van der Waals surface area (Å²) in [5.74, 6) is 0.330. The fourth-order valence-corrected chi connectivity index (χ4v) is 4.02. The molecule has 2 amide bonds. The van der Waals surface area contributed by atoms with Crippen LogP contribution in [0.15, 0.2) is 72.9 Å². The molecule has 0 saturated carbocycles. The molecule has 0 aliphatic carbocycles. The van der Waals surface area contributed by atoms with Crippen LogP contribution in [0.25, 0.3) is 11.3 Å². The van der Waals surface area contributed by atoms with Crippen molar-refractivity contribution >= 4 is 17.7 Å². The minimum absolute atomic E-state index is 0.187. The molecular formula is C23H23N5O2. The SMILES string of the molecule is O=C(NN1CC2CCC(C1)O2)N(c1ccccc1)c1nccc(-c2ccccc2)n1. The first-order valence-electron chi connectivity index (χ1n) is 10.2. The molecule has 7 heteroatoms. The Morgan fingerprint density at radius 2 is 1.63 bits per heavy atom. The van der Waals surface area contributed by atoms with Gasteiger partial charge in [-0.2, -0.15) is 0 Å². The summed E-state index contributed by atoms with van der Waals surface area (Å²) in [4.78, 5) is 24.0. The van der Waals surface area contributed by atoms with Crippen LogP contribution in [-0.4, -0.2) is 46.3 Å². The van der Waals surface area contributed by atoms with Crippen molar-refractivity contribution in [3.8, 4) is 11.3 Å². The molecule has 152 valence electrons. The van der Waals surface area contributed by atoms with Crippen LogP contribution in [0, 0.1) is 0 Å². The van der Waals surface area contributed by atoms with E-state index in [1.54, 1.807) is 6.20 Å². The van der Waals surface area contributed by atoms with Gasteiger partial charge in [0.2, 0.25) is 5.95 Å². The molecule has 0 spiro atoms. The van der Waals surface area contributed by atoms with Crippen molar-refractivity contribution in [2.75, 3.05) is 18.0 Å². The molecule has 2 aliphatic heterocycles. The summed E-state index contributed by atoms with van der Waals surface area (Å²) in [6.45, 7) is 1.38. The zero-order valence-electron chi connectivity index (χ0n) is 16.5. The maximum atomic E-state index is 13.3. The van der Waals surface area contributed by atoms with Gasteiger partial charge in [-0.25, -0.2) is 24.7 Å². The van der Waals surface area contributed by atoms with E-state index in [0.717, 1.165) is 24.1 Å². The van der Waals surface area contributed by atoms with E-state index in [-0.39, 0.29) is 18.2 Å². The first-order valence-corrected chi connectivity index (χ1v) is 10.2. The molecule has 2 fully saturated rings. The first kappa shape index (κ1) is 18.7. The van der Waals surface area contributed by atoms with Gasteiger partial charge in [-0.1, -0.05) is 48.5 Å². The number of carbonyl (C=O) groups excluding carboxylic acids is 1. The van der Waals surface area contributed by atoms with E-state index in [1.807, 2.05) is 71.7 Å².